The lowest BCUT2D eigenvalue weighted by Crippen LogP contribution is -2.10. The summed E-state index contributed by atoms with van der Waals surface area (Å²) in [6, 6.07) is 15.6. The van der Waals surface area contributed by atoms with E-state index in [2.05, 4.69) is 4.98 Å². The highest BCUT2D eigenvalue weighted by atomic mass is 19.1. The molecule has 4 nitrogen and oxygen atoms in total. The summed E-state index contributed by atoms with van der Waals surface area (Å²) < 4.78 is 29.9. The van der Waals surface area contributed by atoms with Crippen LogP contribution in [-0.2, 0) is 0 Å². The number of carbonyl (C=O) groups is 1. The van der Waals surface area contributed by atoms with Crippen molar-refractivity contribution in [3.8, 4) is 16.8 Å². The van der Waals surface area contributed by atoms with E-state index < -0.39 is 17.5 Å². The van der Waals surface area contributed by atoms with E-state index in [1.165, 1.54) is 18.2 Å². The fourth-order valence-electron chi connectivity index (χ4n) is 2.96. The second-order valence-corrected chi connectivity index (χ2v) is 5.83. The molecule has 1 aromatic heterocycles. The molecule has 0 aliphatic carbocycles. The van der Waals surface area contributed by atoms with Gasteiger partial charge in [-0.25, -0.2) is 13.8 Å². The fraction of sp³-hybridized carbons (Fsp3) is 0. The van der Waals surface area contributed by atoms with Crippen molar-refractivity contribution in [2.24, 2.45) is 5.73 Å². The van der Waals surface area contributed by atoms with Crippen molar-refractivity contribution in [3.63, 3.8) is 0 Å². The van der Waals surface area contributed by atoms with E-state index >= 15 is 0 Å². The Bertz CT molecular complexity index is 1130. The number of halogens is 2. The molecule has 3 aromatic carbocycles. The minimum absolute atomic E-state index is 0.0743. The number of benzene rings is 3. The van der Waals surface area contributed by atoms with E-state index in [4.69, 9.17) is 5.73 Å². The van der Waals surface area contributed by atoms with Crippen LogP contribution in [0, 0.1) is 11.6 Å². The van der Waals surface area contributed by atoms with Crippen molar-refractivity contribution in [3.05, 3.63) is 84.2 Å². The predicted molar refractivity (Wildman–Crippen MR) is 94.9 cm³/mol. The van der Waals surface area contributed by atoms with Crippen LogP contribution in [0.5, 0.6) is 0 Å². The lowest BCUT2D eigenvalue weighted by Gasteiger charge is -2.09. The van der Waals surface area contributed by atoms with Gasteiger partial charge in [0.1, 0.15) is 18.0 Å². The lowest BCUT2D eigenvalue weighted by atomic mass is 10.0. The van der Waals surface area contributed by atoms with Crippen LogP contribution < -0.4 is 5.73 Å². The van der Waals surface area contributed by atoms with Gasteiger partial charge in [-0.05, 0) is 48.0 Å². The highest BCUT2D eigenvalue weighted by molar-refractivity contribution is 5.96. The lowest BCUT2D eigenvalue weighted by molar-refractivity contribution is 0.100. The van der Waals surface area contributed by atoms with E-state index in [0.717, 1.165) is 5.52 Å². The van der Waals surface area contributed by atoms with E-state index in [-0.39, 0.29) is 5.56 Å². The molecule has 0 unspecified atom stereocenters. The van der Waals surface area contributed by atoms with Gasteiger partial charge in [0.25, 0.3) is 0 Å². The zero-order valence-corrected chi connectivity index (χ0v) is 13.5. The molecule has 0 bridgehead atoms. The molecule has 128 valence electrons. The Morgan fingerprint density at radius 3 is 2.42 bits per heavy atom. The van der Waals surface area contributed by atoms with Crippen LogP contribution in [0.4, 0.5) is 8.78 Å². The van der Waals surface area contributed by atoms with E-state index in [1.54, 1.807) is 47.3 Å². The van der Waals surface area contributed by atoms with Crippen molar-refractivity contribution >= 4 is 16.9 Å². The first kappa shape index (κ1) is 16.0. The summed E-state index contributed by atoms with van der Waals surface area (Å²) in [6.07, 6.45) is 1.59. The molecule has 0 saturated heterocycles. The summed E-state index contributed by atoms with van der Waals surface area (Å²) in [5, 5.41) is 0. The molecular formula is C20H13F2N3O. The Morgan fingerprint density at radius 2 is 1.69 bits per heavy atom. The van der Waals surface area contributed by atoms with Gasteiger partial charge < -0.3 is 5.73 Å². The van der Waals surface area contributed by atoms with Gasteiger partial charge in [-0.3, -0.25) is 9.36 Å². The molecule has 2 N–H and O–H groups in total. The van der Waals surface area contributed by atoms with Gasteiger partial charge >= 0.3 is 0 Å². The number of nitrogens with zero attached hydrogens (tertiary/aromatic N) is 2. The Hall–Kier alpha value is -3.54. The van der Waals surface area contributed by atoms with Crippen LogP contribution in [0.25, 0.3) is 27.8 Å². The smallest absolute Gasteiger partial charge is 0.248 e. The van der Waals surface area contributed by atoms with Crippen molar-refractivity contribution in [1.82, 2.24) is 9.55 Å². The SMILES string of the molecule is NC(=O)c1ccc2c(c1)ncn2-c1cccc(-c2c(F)cccc2F)c1. The third-order valence-electron chi connectivity index (χ3n) is 4.21. The van der Waals surface area contributed by atoms with Crippen LogP contribution >= 0.6 is 0 Å². The number of primary amides is 1. The van der Waals surface area contributed by atoms with Gasteiger partial charge in [0.2, 0.25) is 5.91 Å². The van der Waals surface area contributed by atoms with Gasteiger partial charge in [0.15, 0.2) is 0 Å². The Labute approximate surface area is 147 Å². The molecule has 4 aromatic rings. The predicted octanol–water partition coefficient (Wildman–Crippen LogP) is 4.07. The number of hydrogen-bond acceptors (Lipinski definition) is 2. The van der Waals surface area contributed by atoms with Crippen molar-refractivity contribution in [2.45, 2.75) is 0 Å². The first-order valence-corrected chi connectivity index (χ1v) is 7.86. The molecule has 1 amide bonds. The number of amides is 1. The number of nitrogens with two attached hydrogens (primary N) is 1. The quantitative estimate of drug-likeness (QED) is 0.606. The van der Waals surface area contributed by atoms with Crippen LogP contribution in [0.3, 0.4) is 0 Å². The molecule has 6 heteroatoms. The molecule has 0 fully saturated rings. The standard InChI is InChI=1S/C20H13F2N3O/c21-15-5-2-6-16(22)19(15)12-3-1-4-14(9-12)25-11-24-17-10-13(20(23)26)7-8-18(17)25/h1-11H,(H2,23,26). The highest BCUT2D eigenvalue weighted by Crippen LogP contribution is 2.28. The molecule has 0 aliphatic rings. The number of fused-ring (bicyclic) bond motifs is 1. The van der Waals surface area contributed by atoms with Gasteiger partial charge in [0, 0.05) is 11.3 Å². The zero-order chi connectivity index (χ0) is 18.3. The number of hydrogen-bond donors (Lipinski definition) is 1. The third-order valence-corrected chi connectivity index (χ3v) is 4.21. The van der Waals surface area contributed by atoms with Crippen molar-refractivity contribution in [1.29, 1.82) is 0 Å². The Balaban J connectivity index is 1.85. The number of carbonyl (C=O) groups excluding carboxylic acids is 1. The first-order chi connectivity index (χ1) is 12.5. The zero-order valence-electron chi connectivity index (χ0n) is 13.5. The topological polar surface area (TPSA) is 60.9 Å². The molecule has 0 saturated carbocycles. The van der Waals surface area contributed by atoms with Gasteiger partial charge in [-0.2, -0.15) is 0 Å². The summed E-state index contributed by atoms with van der Waals surface area (Å²) in [4.78, 5) is 15.6. The van der Waals surface area contributed by atoms with Crippen molar-refractivity contribution < 1.29 is 13.6 Å². The van der Waals surface area contributed by atoms with Gasteiger partial charge in [-0.15, -0.1) is 0 Å². The molecule has 1 heterocycles. The first-order valence-electron chi connectivity index (χ1n) is 7.86. The maximum Gasteiger partial charge on any atom is 0.248 e. The molecule has 0 spiro atoms. The second kappa shape index (κ2) is 6.07. The average Bonchev–Trinajstić information content (AvgIpc) is 3.05. The minimum atomic E-state index is -0.622. The normalized spacial score (nSPS) is 11.0. The maximum absolute atomic E-state index is 14.1. The monoisotopic (exact) mass is 349 g/mol. The molecular weight excluding hydrogens is 336 g/mol. The number of aromatic nitrogens is 2. The van der Waals surface area contributed by atoms with Crippen LogP contribution in [0.2, 0.25) is 0 Å². The molecule has 0 aliphatic heterocycles. The Kier molecular flexibility index (Phi) is 3.73. The van der Waals surface area contributed by atoms with E-state index in [9.17, 15) is 13.6 Å². The minimum Gasteiger partial charge on any atom is -0.366 e. The maximum atomic E-state index is 14.1. The summed E-state index contributed by atoms with van der Waals surface area (Å²) in [6.45, 7) is 0. The van der Waals surface area contributed by atoms with Crippen molar-refractivity contribution in [2.75, 3.05) is 0 Å². The molecule has 0 radical (unpaired) electrons. The third kappa shape index (κ3) is 2.61. The molecule has 4 rings (SSSR count). The van der Waals surface area contributed by atoms with Gasteiger partial charge in [-0.1, -0.05) is 18.2 Å². The largest absolute Gasteiger partial charge is 0.366 e. The number of imidazole rings is 1. The van der Waals surface area contributed by atoms with E-state index in [1.807, 2.05) is 6.07 Å². The van der Waals surface area contributed by atoms with Crippen LogP contribution in [0.15, 0.2) is 67.0 Å². The summed E-state index contributed by atoms with van der Waals surface area (Å²) in [5.74, 6) is -1.77. The molecule has 26 heavy (non-hydrogen) atoms. The second-order valence-electron chi connectivity index (χ2n) is 5.83. The number of rotatable bonds is 3. The highest BCUT2D eigenvalue weighted by Gasteiger charge is 2.13. The molecule has 0 atom stereocenters. The summed E-state index contributed by atoms with van der Waals surface area (Å²) >= 11 is 0. The summed E-state index contributed by atoms with van der Waals surface area (Å²) in [5.41, 5.74) is 8.05. The van der Waals surface area contributed by atoms with Crippen LogP contribution in [-0.4, -0.2) is 15.5 Å². The average molecular weight is 349 g/mol. The van der Waals surface area contributed by atoms with Crippen LogP contribution in [0.1, 0.15) is 10.4 Å². The van der Waals surface area contributed by atoms with Gasteiger partial charge in [0.05, 0.1) is 16.6 Å². The summed E-state index contributed by atoms with van der Waals surface area (Å²) in [7, 11) is 0. The Morgan fingerprint density at radius 1 is 0.962 bits per heavy atom. The fourth-order valence-corrected chi connectivity index (χ4v) is 2.96. The van der Waals surface area contributed by atoms with E-state index in [0.29, 0.717) is 22.3 Å².